The first-order valence-electron chi connectivity index (χ1n) is 29.0. The maximum absolute atomic E-state index is 14.3. The van der Waals surface area contributed by atoms with Crippen LogP contribution in [0.3, 0.4) is 0 Å². The van der Waals surface area contributed by atoms with Crippen molar-refractivity contribution in [2.75, 3.05) is 37.1 Å². The number of carbonyl (C=O) groups excluding carboxylic acids is 4. The zero-order chi connectivity index (χ0) is 66.4. The second kappa shape index (κ2) is 30.0. The molecule has 3 fully saturated rings. The largest absolute Gasteiger partial charge is 0.472 e. The summed E-state index contributed by atoms with van der Waals surface area (Å²) < 4.78 is 93.6. The van der Waals surface area contributed by atoms with Crippen LogP contribution in [-0.2, 0) is 74.4 Å². The molecule has 5 aromatic rings. The summed E-state index contributed by atoms with van der Waals surface area (Å²) in [7, 11) is -12.6. The van der Waals surface area contributed by atoms with Crippen LogP contribution in [0.1, 0.15) is 125 Å². The van der Waals surface area contributed by atoms with Crippen molar-refractivity contribution in [3.05, 3.63) is 66.0 Å². The quantitative estimate of drug-likeness (QED) is 0.0195. The highest BCUT2D eigenvalue weighted by molar-refractivity contribution is 7.47. The number of phosphoric acid groups is 2. The Balaban J connectivity index is 1.05. The lowest BCUT2D eigenvalue weighted by molar-refractivity contribution is -0.153. The number of aromatic amines is 3. The SMILES string of the molecule is CC(=O)CCC(=O)O[C@H]1C[C@H](n2cnc3c(=O)[nH]c(NC(=O)C(C)C)nc32)O[C@@H]1COP(=O)(O)O[C@H]1C[C@H](n2cnc3c(=O)[nH]c(NC(=O)C(C)C)nc32)O[C@@H]1COP(=O)(O)O[C@H]1C[C@H](n2cc(C)c(=O)[nH]c2=O)O[C@@H]1COP(OCCC#N)N(C(C)C)C(C)C. The van der Waals surface area contributed by atoms with Gasteiger partial charge in [-0.15, -0.1) is 0 Å². The number of imidazole rings is 2. The maximum Gasteiger partial charge on any atom is 0.472 e. The number of aromatic nitrogens is 10. The van der Waals surface area contributed by atoms with Gasteiger partial charge in [0.25, 0.3) is 25.2 Å². The summed E-state index contributed by atoms with van der Waals surface area (Å²) in [5.41, 5.74) is -3.46. The fourth-order valence-electron chi connectivity index (χ4n) is 9.82. The Hall–Kier alpha value is -6.64. The number of amides is 2. The molecule has 5 aromatic heterocycles. The van der Waals surface area contributed by atoms with Crippen molar-refractivity contribution in [2.24, 2.45) is 11.8 Å². The number of fused-ring (bicyclic) bond motifs is 2. The lowest BCUT2D eigenvalue weighted by Gasteiger charge is -2.36. The van der Waals surface area contributed by atoms with Gasteiger partial charge in [0.05, 0.1) is 58.0 Å². The van der Waals surface area contributed by atoms with Crippen LogP contribution < -0.4 is 33.0 Å². The highest BCUT2D eigenvalue weighted by atomic mass is 31.2. The number of nitriles is 1. The monoisotopic (exact) mass is 1340 g/mol. The molecule has 0 saturated carbocycles. The first-order chi connectivity index (χ1) is 42.9. The number of rotatable bonds is 30. The van der Waals surface area contributed by atoms with Crippen LogP contribution in [0.4, 0.5) is 11.9 Å². The predicted octanol–water partition coefficient (Wildman–Crippen LogP) is 3.74. The Morgan fingerprint density at radius 3 is 1.63 bits per heavy atom. The van der Waals surface area contributed by atoms with E-state index in [0.29, 0.717) is 0 Å². The van der Waals surface area contributed by atoms with Gasteiger partial charge in [0.1, 0.15) is 61.1 Å². The smallest absolute Gasteiger partial charge is 0.459 e. The number of carbonyl (C=O) groups is 4. The summed E-state index contributed by atoms with van der Waals surface area (Å²) in [5, 5.41) is 14.3. The van der Waals surface area contributed by atoms with Crippen LogP contribution in [-0.4, -0.2) is 162 Å². The van der Waals surface area contributed by atoms with Crippen LogP contribution in [0, 0.1) is 30.1 Å². The summed E-state index contributed by atoms with van der Waals surface area (Å²) in [6.45, 7) is 14.7. The Bertz CT molecular complexity index is 3850. The number of aryl methyl sites for hydroxylation is 1. The molecule has 3 aliphatic heterocycles. The second-order valence-electron chi connectivity index (χ2n) is 22.7. The Morgan fingerprint density at radius 2 is 1.16 bits per heavy atom. The zero-order valence-electron chi connectivity index (χ0n) is 51.2. The van der Waals surface area contributed by atoms with E-state index in [1.54, 1.807) is 27.7 Å². The molecule has 3 aliphatic rings. The molecule has 0 radical (unpaired) electrons. The van der Waals surface area contributed by atoms with Gasteiger partial charge < -0.3 is 42.6 Å². The third-order valence-electron chi connectivity index (χ3n) is 14.3. The Kier molecular flexibility index (Phi) is 23.1. The van der Waals surface area contributed by atoms with Gasteiger partial charge in [0.15, 0.2) is 22.3 Å². The lowest BCUT2D eigenvalue weighted by atomic mass is 10.2. The molecule has 0 aliphatic carbocycles. The average molecular weight is 1340 g/mol. The number of esters is 1. The third-order valence-corrected chi connectivity index (χ3v) is 18.4. The van der Waals surface area contributed by atoms with Crippen LogP contribution >= 0.6 is 24.2 Å². The van der Waals surface area contributed by atoms with E-state index in [-0.39, 0.29) is 103 Å². The summed E-state index contributed by atoms with van der Waals surface area (Å²) in [6.07, 6.45) is -9.93. The molecule has 3 unspecified atom stereocenters. The lowest BCUT2D eigenvalue weighted by Crippen LogP contribution is -2.35. The van der Waals surface area contributed by atoms with E-state index >= 15 is 0 Å². The van der Waals surface area contributed by atoms with Gasteiger partial charge in [0.2, 0.25) is 23.7 Å². The second-order valence-corrected chi connectivity index (χ2v) is 27.0. The van der Waals surface area contributed by atoms with Gasteiger partial charge in [-0.3, -0.25) is 86.1 Å². The van der Waals surface area contributed by atoms with Gasteiger partial charge in [-0.05, 0) is 41.5 Å². The summed E-state index contributed by atoms with van der Waals surface area (Å²) in [5.74, 6) is -3.60. The first-order valence-corrected chi connectivity index (χ1v) is 33.1. The Labute approximate surface area is 519 Å². The van der Waals surface area contributed by atoms with Gasteiger partial charge in [-0.1, -0.05) is 27.7 Å². The van der Waals surface area contributed by atoms with Crippen molar-refractivity contribution in [1.82, 2.24) is 53.3 Å². The molecule has 36 nitrogen and oxygen atoms in total. The number of phosphoric ester groups is 2. The minimum Gasteiger partial charge on any atom is -0.459 e. The first kappa shape index (κ1) is 70.2. The molecule has 0 aromatic carbocycles. The van der Waals surface area contributed by atoms with Crippen LogP contribution in [0.25, 0.3) is 22.3 Å². The minimum atomic E-state index is -5.39. The van der Waals surface area contributed by atoms with Crippen molar-refractivity contribution in [2.45, 2.75) is 175 Å². The number of H-pyrrole nitrogens is 3. The highest BCUT2D eigenvalue weighted by Gasteiger charge is 2.48. The number of anilines is 2. The number of Topliss-reactive ketones (excluding diaryl/α,β-unsaturated/α-hetero) is 1. The molecule has 39 heteroatoms. The van der Waals surface area contributed by atoms with Crippen molar-refractivity contribution >= 4 is 82.0 Å². The molecule has 0 bridgehead atoms. The van der Waals surface area contributed by atoms with Crippen LogP contribution in [0.5, 0.6) is 0 Å². The van der Waals surface area contributed by atoms with Crippen molar-refractivity contribution < 1.29 is 84.2 Å². The van der Waals surface area contributed by atoms with E-state index in [1.165, 1.54) is 35.5 Å². The zero-order valence-corrected chi connectivity index (χ0v) is 53.9. The Morgan fingerprint density at radius 1 is 0.703 bits per heavy atom. The number of ketones is 1. The van der Waals surface area contributed by atoms with Crippen LogP contribution in [0.2, 0.25) is 0 Å². The van der Waals surface area contributed by atoms with E-state index < -0.39 is 151 Å². The average Bonchev–Trinajstić information content (AvgIpc) is 1.65. The van der Waals surface area contributed by atoms with Gasteiger partial charge >= 0.3 is 27.3 Å². The molecule has 8 rings (SSSR count). The molecular formula is C52H73N14O22P3. The number of hydrogen-bond donors (Lipinski definition) is 7. The third kappa shape index (κ3) is 17.7. The topological polar surface area (TPSA) is 468 Å². The number of nitrogens with one attached hydrogen (secondary N) is 5. The van der Waals surface area contributed by atoms with E-state index in [0.717, 1.165) is 10.9 Å². The summed E-state index contributed by atoms with van der Waals surface area (Å²) in [6, 6.07) is 1.76. The molecule has 2 amide bonds. The molecule has 12 atom stereocenters. The molecule has 8 heterocycles. The molecule has 498 valence electrons. The number of ether oxygens (including phenoxy) is 4. The number of hydrogen-bond acceptors (Lipinski definition) is 26. The molecule has 0 spiro atoms. The van der Waals surface area contributed by atoms with Gasteiger partial charge in [-0.2, -0.15) is 15.2 Å². The molecule has 7 N–H and O–H groups in total. The minimum absolute atomic E-state index is 0.00283. The highest BCUT2D eigenvalue weighted by Crippen LogP contribution is 2.53. The van der Waals surface area contributed by atoms with E-state index in [9.17, 15) is 62.5 Å². The van der Waals surface area contributed by atoms with Crippen molar-refractivity contribution in [3.63, 3.8) is 0 Å². The molecule has 3 saturated heterocycles. The number of nitrogens with zero attached hydrogens (tertiary/aromatic N) is 9. The fourth-order valence-corrected chi connectivity index (χ4v) is 13.4. The van der Waals surface area contributed by atoms with E-state index in [2.05, 4.69) is 45.5 Å². The summed E-state index contributed by atoms with van der Waals surface area (Å²) >= 11 is 0. The standard InChI is InChI=1S/C52H73N14O22P3/c1-25(2)45(69)58-50-56-43-41(48(72)60-50)54-23-64(43)38-16-31(86-40(68)13-12-30(10)67)35(84-38)21-81-90(75,76)88-33-18-39(65-24-55-42-44(65)57-51(61-49(42)73)59-46(70)26(3)4)85-36(33)22-82-91(77,78)87-32-17-37(63-19-29(9)47(71)62-52(63)74)83-34(32)20-80-89(79-15-11-14-53)66(27(5)6)28(7)8/h19,23-28,31-39H,11-13,15-18,20-22H2,1-10H3,(H,75,76)(H,77,78)(H,62,71,74)(H2,56,58,60,69,72)(H2,57,59,61,70,73)/t31-,32-,33-,34+,35+,36+,37+,38+,39+,89?/m0/s1. The van der Waals surface area contributed by atoms with Crippen molar-refractivity contribution in [3.8, 4) is 6.07 Å². The van der Waals surface area contributed by atoms with E-state index in [4.69, 9.17) is 46.1 Å². The fraction of sp³-hybridized carbons (Fsp3) is 0.635. The van der Waals surface area contributed by atoms with Crippen LogP contribution in [0.15, 0.2) is 38.0 Å². The predicted molar refractivity (Wildman–Crippen MR) is 317 cm³/mol. The normalized spacial score (nSPS) is 23.5. The summed E-state index contributed by atoms with van der Waals surface area (Å²) in [4.78, 5) is 149. The maximum atomic E-state index is 14.3. The van der Waals surface area contributed by atoms with Gasteiger partial charge in [0, 0.05) is 61.4 Å². The molecule has 91 heavy (non-hydrogen) atoms. The van der Waals surface area contributed by atoms with E-state index in [1.807, 2.05) is 38.4 Å². The van der Waals surface area contributed by atoms with Crippen molar-refractivity contribution in [1.29, 1.82) is 5.26 Å². The van der Waals surface area contributed by atoms with Gasteiger partial charge in [-0.25, -0.2) is 28.6 Å². The molecular weight excluding hydrogens is 1270 g/mol.